The first-order valence-electron chi connectivity index (χ1n) is 7.30. The van der Waals surface area contributed by atoms with Crippen molar-refractivity contribution >= 4 is 23.2 Å². The number of rotatable bonds is 5. The number of ether oxygens (including phenoxy) is 1. The van der Waals surface area contributed by atoms with Crippen LogP contribution in [0.15, 0.2) is 42.5 Å². The Balaban J connectivity index is 2.04. The van der Waals surface area contributed by atoms with Gasteiger partial charge in [-0.3, -0.25) is 4.79 Å². The molecule has 22 heavy (non-hydrogen) atoms. The molecule has 0 bridgehead atoms. The van der Waals surface area contributed by atoms with E-state index in [0.717, 1.165) is 11.1 Å². The van der Waals surface area contributed by atoms with Crippen LogP contribution in [0.25, 0.3) is 0 Å². The monoisotopic (exact) mass is 317 g/mol. The average Bonchev–Trinajstić information content (AvgIpc) is 2.50. The number of anilines is 1. The summed E-state index contributed by atoms with van der Waals surface area (Å²) in [4.78, 5) is 12.3. The Labute approximate surface area is 136 Å². The lowest BCUT2D eigenvalue weighted by Crippen LogP contribution is -2.32. The van der Waals surface area contributed by atoms with E-state index in [-0.39, 0.29) is 5.91 Å². The van der Waals surface area contributed by atoms with Gasteiger partial charge in [-0.15, -0.1) is 0 Å². The van der Waals surface area contributed by atoms with Crippen molar-refractivity contribution in [2.45, 2.75) is 33.3 Å². The molecule has 0 aliphatic heterocycles. The zero-order valence-electron chi connectivity index (χ0n) is 13.0. The Bertz CT molecular complexity index is 653. The van der Waals surface area contributed by atoms with Crippen LogP contribution in [0.3, 0.4) is 0 Å². The predicted molar refractivity (Wildman–Crippen MR) is 90.7 cm³/mol. The summed E-state index contributed by atoms with van der Waals surface area (Å²) in [5.74, 6) is 0.512. The molecule has 116 valence electrons. The van der Waals surface area contributed by atoms with E-state index in [9.17, 15) is 4.79 Å². The lowest BCUT2D eigenvalue weighted by molar-refractivity contribution is -0.122. The van der Waals surface area contributed by atoms with Gasteiger partial charge >= 0.3 is 0 Å². The SMILES string of the molecule is CCC(Oc1ccc(C)cc1)C(=O)Nc1ccc(C)c(Cl)c1. The van der Waals surface area contributed by atoms with Crippen molar-refractivity contribution in [3.8, 4) is 5.75 Å². The zero-order valence-corrected chi connectivity index (χ0v) is 13.8. The lowest BCUT2D eigenvalue weighted by atomic mass is 10.2. The van der Waals surface area contributed by atoms with Crippen molar-refractivity contribution in [3.63, 3.8) is 0 Å². The molecule has 1 N–H and O–H groups in total. The molecule has 0 aliphatic carbocycles. The van der Waals surface area contributed by atoms with E-state index in [1.807, 2.05) is 57.2 Å². The maximum absolute atomic E-state index is 12.3. The van der Waals surface area contributed by atoms with Crippen LogP contribution in [-0.2, 0) is 4.79 Å². The van der Waals surface area contributed by atoms with Gasteiger partial charge in [0.25, 0.3) is 5.91 Å². The summed E-state index contributed by atoms with van der Waals surface area (Å²) in [6.07, 6.45) is 0.0436. The normalized spacial score (nSPS) is 11.8. The highest BCUT2D eigenvalue weighted by Crippen LogP contribution is 2.21. The minimum atomic E-state index is -0.539. The molecule has 1 unspecified atom stereocenters. The van der Waals surface area contributed by atoms with Gasteiger partial charge < -0.3 is 10.1 Å². The van der Waals surface area contributed by atoms with Gasteiger partial charge in [0.05, 0.1) is 0 Å². The number of nitrogens with one attached hydrogen (secondary N) is 1. The summed E-state index contributed by atoms with van der Waals surface area (Å²) in [6.45, 7) is 5.85. The number of hydrogen-bond acceptors (Lipinski definition) is 2. The molecule has 0 radical (unpaired) electrons. The molecule has 2 rings (SSSR count). The number of amides is 1. The van der Waals surface area contributed by atoms with E-state index >= 15 is 0 Å². The van der Waals surface area contributed by atoms with Crippen molar-refractivity contribution in [2.24, 2.45) is 0 Å². The first kappa shape index (κ1) is 16.4. The van der Waals surface area contributed by atoms with Crippen molar-refractivity contribution in [2.75, 3.05) is 5.32 Å². The average molecular weight is 318 g/mol. The van der Waals surface area contributed by atoms with Gasteiger partial charge in [-0.25, -0.2) is 0 Å². The molecule has 0 saturated heterocycles. The van der Waals surface area contributed by atoms with Crippen LogP contribution >= 0.6 is 11.6 Å². The van der Waals surface area contributed by atoms with E-state index in [2.05, 4.69) is 5.32 Å². The summed E-state index contributed by atoms with van der Waals surface area (Å²) >= 11 is 6.07. The molecule has 0 aromatic heterocycles. The molecule has 2 aromatic carbocycles. The predicted octanol–water partition coefficient (Wildman–Crippen LogP) is 4.75. The quantitative estimate of drug-likeness (QED) is 0.864. The second-order valence-electron chi connectivity index (χ2n) is 5.28. The highest BCUT2D eigenvalue weighted by atomic mass is 35.5. The molecule has 3 nitrogen and oxygen atoms in total. The van der Waals surface area contributed by atoms with Gasteiger partial charge in [-0.1, -0.05) is 42.3 Å². The fourth-order valence-electron chi connectivity index (χ4n) is 2.00. The van der Waals surface area contributed by atoms with E-state index in [0.29, 0.717) is 22.9 Å². The van der Waals surface area contributed by atoms with E-state index in [1.54, 1.807) is 6.07 Å². The van der Waals surface area contributed by atoms with E-state index < -0.39 is 6.10 Å². The lowest BCUT2D eigenvalue weighted by Gasteiger charge is -2.17. The summed E-state index contributed by atoms with van der Waals surface area (Å²) in [5.41, 5.74) is 2.80. The molecule has 0 heterocycles. The van der Waals surface area contributed by atoms with E-state index in [1.165, 1.54) is 0 Å². The third kappa shape index (κ3) is 4.25. The zero-order chi connectivity index (χ0) is 16.1. The Morgan fingerprint density at radius 3 is 2.45 bits per heavy atom. The Kier molecular flexibility index (Phi) is 5.45. The largest absolute Gasteiger partial charge is 0.481 e. The Morgan fingerprint density at radius 2 is 1.86 bits per heavy atom. The molecular formula is C18H20ClNO2. The maximum Gasteiger partial charge on any atom is 0.265 e. The Morgan fingerprint density at radius 1 is 1.18 bits per heavy atom. The van der Waals surface area contributed by atoms with Crippen LogP contribution in [0.5, 0.6) is 5.75 Å². The third-order valence-electron chi connectivity index (χ3n) is 3.40. The summed E-state index contributed by atoms with van der Waals surface area (Å²) < 4.78 is 5.76. The summed E-state index contributed by atoms with van der Waals surface area (Å²) in [7, 11) is 0. The van der Waals surface area contributed by atoms with Crippen LogP contribution in [0.1, 0.15) is 24.5 Å². The molecule has 1 atom stereocenters. The number of carbonyl (C=O) groups is 1. The topological polar surface area (TPSA) is 38.3 Å². The number of aryl methyl sites for hydroxylation is 2. The molecule has 0 saturated carbocycles. The fraction of sp³-hybridized carbons (Fsp3) is 0.278. The second kappa shape index (κ2) is 7.32. The third-order valence-corrected chi connectivity index (χ3v) is 3.81. The van der Waals surface area contributed by atoms with Gasteiger partial charge in [0.2, 0.25) is 0 Å². The number of benzene rings is 2. The maximum atomic E-state index is 12.3. The van der Waals surface area contributed by atoms with Crippen LogP contribution in [-0.4, -0.2) is 12.0 Å². The molecule has 4 heteroatoms. The molecule has 0 aliphatic rings. The minimum Gasteiger partial charge on any atom is -0.481 e. The first-order chi connectivity index (χ1) is 10.5. The van der Waals surface area contributed by atoms with Gasteiger partial charge in [0.1, 0.15) is 5.75 Å². The number of hydrogen-bond donors (Lipinski definition) is 1. The van der Waals surface area contributed by atoms with Crippen molar-refractivity contribution in [1.29, 1.82) is 0 Å². The fourth-order valence-corrected chi connectivity index (χ4v) is 2.18. The molecule has 0 fully saturated rings. The Hall–Kier alpha value is -2.00. The summed E-state index contributed by atoms with van der Waals surface area (Å²) in [5, 5.41) is 3.47. The smallest absolute Gasteiger partial charge is 0.265 e. The first-order valence-corrected chi connectivity index (χ1v) is 7.67. The van der Waals surface area contributed by atoms with Crippen molar-refractivity contribution in [1.82, 2.24) is 0 Å². The van der Waals surface area contributed by atoms with Crippen LogP contribution in [0.4, 0.5) is 5.69 Å². The van der Waals surface area contributed by atoms with Gasteiger partial charge in [-0.05, 0) is 50.1 Å². The molecule has 0 spiro atoms. The number of carbonyl (C=O) groups excluding carboxylic acids is 1. The summed E-state index contributed by atoms with van der Waals surface area (Å²) in [6, 6.07) is 13.1. The second-order valence-corrected chi connectivity index (χ2v) is 5.69. The van der Waals surface area contributed by atoms with Crippen molar-refractivity contribution in [3.05, 3.63) is 58.6 Å². The highest BCUT2D eigenvalue weighted by molar-refractivity contribution is 6.31. The molecule has 1 amide bonds. The highest BCUT2D eigenvalue weighted by Gasteiger charge is 2.18. The molecule has 2 aromatic rings. The van der Waals surface area contributed by atoms with Crippen LogP contribution in [0.2, 0.25) is 5.02 Å². The minimum absolute atomic E-state index is 0.178. The van der Waals surface area contributed by atoms with Gasteiger partial charge in [0, 0.05) is 10.7 Å². The van der Waals surface area contributed by atoms with Gasteiger partial charge in [-0.2, -0.15) is 0 Å². The number of halogens is 1. The van der Waals surface area contributed by atoms with E-state index in [4.69, 9.17) is 16.3 Å². The van der Waals surface area contributed by atoms with Crippen LogP contribution in [0, 0.1) is 13.8 Å². The van der Waals surface area contributed by atoms with Crippen LogP contribution < -0.4 is 10.1 Å². The standard InChI is InChI=1S/C18H20ClNO2/c1-4-17(22-15-9-5-12(2)6-10-15)18(21)20-14-8-7-13(3)16(19)11-14/h5-11,17H,4H2,1-3H3,(H,20,21). The van der Waals surface area contributed by atoms with Crippen molar-refractivity contribution < 1.29 is 9.53 Å². The molecular weight excluding hydrogens is 298 g/mol. The van der Waals surface area contributed by atoms with Gasteiger partial charge in [0.15, 0.2) is 6.10 Å².